The molecule has 3 N–H and O–H groups in total. The van der Waals surface area contributed by atoms with Crippen molar-refractivity contribution in [3.05, 3.63) is 58.1 Å². The third kappa shape index (κ3) is 6.17. The monoisotopic (exact) mass is 445 g/mol. The van der Waals surface area contributed by atoms with Gasteiger partial charge in [-0.25, -0.2) is 0 Å². The van der Waals surface area contributed by atoms with Crippen LogP contribution in [0.15, 0.2) is 36.4 Å². The highest BCUT2D eigenvalue weighted by Gasteiger charge is 2.15. The molecule has 0 bridgehead atoms. The predicted octanol–water partition coefficient (Wildman–Crippen LogP) is 4.30. The summed E-state index contributed by atoms with van der Waals surface area (Å²) in [7, 11) is 1.50. The Hall–Kier alpha value is -1.66. The lowest BCUT2D eigenvalue weighted by Gasteiger charge is -2.15. The first kappa shape index (κ1) is 24.4. The third-order valence-corrected chi connectivity index (χ3v) is 4.94. The summed E-state index contributed by atoms with van der Waals surface area (Å²) in [5.41, 5.74) is 8.86. The highest BCUT2D eigenvalue weighted by molar-refractivity contribution is 6.33. The maximum absolute atomic E-state index is 12.5. The number of nitrogens with one attached hydrogen (secondary N) is 1. The molecular formula is C20H26Cl3N3O2. The molecule has 1 amide bonds. The Kier molecular flexibility index (Phi) is 9.90. The Labute approximate surface area is 183 Å². The second-order valence-electron chi connectivity index (χ2n) is 6.56. The number of anilines is 1. The van der Waals surface area contributed by atoms with E-state index in [0.717, 1.165) is 12.1 Å². The number of rotatable bonds is 6. The Morgan fingerprint density at radius 1 is 1.18 bits per heavy atom. The molecule has 154 valence electrons. The number of ether oxygens (including phenoxy) is 1. The van der Waals surface area contributed by atoms with Crippen molar-refractivity contribution in [3.63, 3.8) is 0 Å². The fraction of sp³-hybridized carbons (Fsp3) is 0.350. The zero-order valence-corrected chi connectivity index (χ0v) is 18.1. The molecule has 0 aromatic heterocycles. The SMILES string of the molecule is COc1cc(N)c(Cl)cc1C(=O)NCc1cccc(CN2CCCC2)c1.Cl.Cl. The molecule has 0 radical (unpaired) electrons. The minimum Gasteiger partial charge on any atom is -0.496 e. The summed E-state index contributed by atoms with van der Waals surface area (Å²) >= 11 is 6.04. The van der Waals surface area contributed by atoms with Crippen LogP contribution in [0.3, 0.4) is 0 Å². The van der Waals surface area contributed by atoms with Gasteiger partial charge in [-0.05, 0) is 43.1 Å². The fourth-order valence-electron chi connectivity index (χ4n) is 3.23. The van der Waals surface area contributed by atoms with Gasteiger partial charge < -0.3 is 15.8 Å². The van der Waals surface area contributed by atoms with Gasteiger partial charge in [-0.3, -0.25) is 9.69 Å². The number of nitrogen functional groups attached to an aromatic ring is 1. The number of likely N-dealkylation sites (tertiary alicyclic amines) is 1. The van der Waals surface area contributed by atoms with Crippen molar-refractivity contribution >= 4 is 48.0 Å². The molecule has 0 spiro atoms. The maximum atomic E-state index is 12.5. The van der Waals surface area contributed by atoms with Crippen LogP contribution in [0.5, 0.6) is 5.75 Å². The van der Waals surface area contributed by atoms with Crippen LogP contribution in [-0.4, -0.2) is 31.0 Å². The summed E-state index contributed by atoms with van der Waals surface area (Å²) in [4.78, 5) is 15.0. The van der Waals surface area contributed by atoms with E-state index in [-0.39, 0.29) is 30.7 Å². The number of hydrogen-bond donors (Lipinski definition) is 2. The molecule has 1 saturated heterocycles. The molecule has 2 aromatic carbocycles. The van der Waals surface area contributed by atoms with Crippen LogP contribution < -0.4 is 15.8 Å². The summed E-state index contributed by atoms with van der Waals surface area (Å²) in [6.45, 7) is 3.73. The Morgan fingerprint density at radius 2 is 1.86 bits per heavy atom. The summed E-state index contributed by atoms with van der Waals surface area (Å²) < 4.78 is 5.24. The molecule has 3 rings (SSSR count). The van der Waals surface area contributed by atoms with Crippen molar-refractivity contribution in [2.75, 3.05) is 25.9 Å². The maximum Gasteiger partial charge on any atom is 0.255 e. The number of hydrogen-bond acceptors (Lipinski definition) is 4. The van der Waals surface area contributed by atoms with Crippen molar-refractivity contribution < 1.29 is 9.53 Å². The van der Waals surface area contributed by atoms with E-state index in [2.05, 4.69) is 22.3 Å². The molecule has 0 atom stereocenters. The topological polar surface area (TPSA) is 67.6 Å². The van der Waals surface area contributed by atoms with Crippen molar-refractivity contribution in [1.29, 1.82) is 0 Å². The van der Waals surface area contributed by atoms with Gasteiger partial charge in [-0.1, -0.05) is 35.9 Å². The van der Waals surface area contributed by atoms with Crippen LogP contribution in [0.1, 0.15) is 34.3 Å². The first-order chi connectivity index (χ1) is 12.6. The number of halogens is 3. The zero-order valence-electron chi connectivity index (χ0n) is 15.7. The quantitative estimate of drug-likeness (QED) is 0.649. The highest BCUT2D eigenvalue weighted by Crippen LogP contribution is 2.28. The average molecular weight is 447 g/mol. The minimum atomic E-state index is -0.242. The number of benzene rings is 2. The van der Waals surface area contributed by atoms with Crippen LogP contribution in [0.2, 0.25) is 5.02 Å². The molecule has 8 heteroatoms. The van der Waals surface area contributed by atoms with E-state index in [1.165, 1.54) is 44.7 Å². The number of nitrogens with two attached hydrogens (primary N) is 1. The number of carbonyl (C=O) groups is 1. The van der Waals surface area contributed by atoms with E-state index in [4.69, 9.17) is 22.1 Å². The van der Waals surface area contributed by atoms with Gasteiger partial charge in [0.05, 0.1) is 23.4 Å². The Balaban J connectivity index is 0.00000196. The third-order valence-electron chi connectivity index (χ3n) is 4.61. The minimum absolute atomic E-state index is 0. The summed E-state index contributed by atoms with van der Waals surface area (Å²) in [5, 5.41) is 3.26. The smallest absolute Gasteiger partial charge is 0.255 e. The molecule has 1 heterocycles. The molecule has 1 aliphatic rings. The van der Waals surface area contributed by atoms with Gasteiger partial charge in [-0.2, -0.15) is 0 Å². The van der Waals surface area contributed by atoms with Crippen molar-refractivity contribution in [2.24, 2.45) is 0 Å². The lowest BCUT2D eigenvalue weighted by Crippen LogP contribution is -2.24. The van der Waals surface area contributed by atoms with Crippen molar-refractivity contribution in [3.8, 4) is 5.75 Å². The predicted molar refractivity (Wildman–Crippen MR) is 119 cm³/mol. The van der Waals surface area contributed by atoms with E-state index in [9.17, 15) is 4.79 Å². The van der Waals surface area contributed by atoms with Crippen LogP contribution >= 0.6 is 36.4 Å². The lowest BCUT2D eigenvalue weighted by atomic mass is 10.1. The van der Waals surface area contributed by atoms with Crippen molar-refractivity contribution in [2.45, 2.75) is 25.9 Å². The normalized spacial score (nSPS) is 13.4. The summed E-state index contributed by atoms with van der Waals surface area (Å²) in [5.74, 6) is 0.167. The van der Waals surface area contributed by atoms with E-state index in [0.29, 0.717) is 28.6 Å². The molecule has 1 fully saturated rings. The molecule has 0 unspecified atom stereocenters. The van der Waals surface area contributed by atoms with Gasteiger partial charge in [-0.15, -0.1) is 24.8 Å². The standard InChI is InChI=1S/C20H24ClN3O2.2ClH/c1-26-19-11-18(22)17(21)10-16(19)20(25)23-12-14-5-4-6-15(9-14)13-24-7-2-3-8-24;;/h4-6,9-11H,2-3,7-8,12-13,22H2,1H3,(H,23,25);2*1H. The van der Waals surface area contributed by atoms with Crippen LogP contribution in [0.4, 0.5) is 5.69 Å². The summed E-state index contributed by atoms with van der Waals surface area (Å²) in [6, 6.07) is 11.4. The highest BCUT2D eigenvalue weighted by atomic mass is 35.5. The van der Waals surface area contributed by atoms with Gasteiger partial charge >= 0.3 is 0 Å². The van der Waals surface area contributed by atoms with Crippen LogP contribution in [-0.2, 0) is 13.1 Å². The van der Waals surface area contributed by atoms with E-state index >= 15 is 0 Å². The molecule has 1 aliphatic heterocycles. The first-order valence-electron chi connectivity index (χ1n) is 8.78. The Morgan fingerprint density at radius 3 is 2.54 bits per heavy atom. The van der Waals surface area contributed by atoms with Gasteiger partial charge in [0.15, 0.2) is 0 Å². The lowest BCUT2D eigenvalue weighted by molar-refractivity contribution is 0.0948. The summed E-state index contributed by atoms with van der Waals surface area (Å²) in [6.07, 6.45) is 2.56. The molecule has 0 saturated carbocycles. The van der Waals surface area contributed by atoms with Gasteiger partial charge in [0.25, 0.3) is 5.91 Å². The second-order valence-corrected chi connectivity index (χ2v) is 6.97. The molecule has 28 heavy (non-hydrogen) atoms. The number of methoxy groups -OCH3 is 1. The Bertz CT molecular complexity index is 796. The number of amides is 1. The molecule has 0 aliphatic carbocycles. The average Bonchev–Trinajstić information content (AvgIpc) is 3.15. The number of nitrogens with zero attached hydrogens (tertiary/aromatic N) is 1. The molecule has 5 nitrogen and oxygen atoms in total. The second kappa shape index (κ2) is 11.4. The zero-order chi connectivity index (χ0) is 18.5. The molecule has 2 aromatic rings. The van der Waals surface area contributed by atoms with Gasteiger partial charge in [0.2, 0.25) is 0 Å². The molecular weight excluding hydrogens is 421 g/mol. The van der Waals surface area contributed by atoms with E-state index in [1.54, 1.807) is 6.07 Å². The van der Waals surface area contributed by atoms with Gasteiger partial charge in [0.1, 0.15) is 5.75 Å². The van der Waals surface area contributed by atoms with E-state index < -0.39 is 0 Å². The first-order valence-corrected chi connectivity index (χ1v) is 9.16. The van der Waals surface area contributed by atoms with Gasteiger partial charge in [0, 0.05) is 19.2 Å². The van der Waals surface area contributed by atoms with E-state index in [1.807, 2.05) is 12.1 Å². The number of carbonyl (C=O) groups excluding carboxylic acids is 1. The largest absolute Gasteiger partial charge is 0.496 e. The van der Waals surface area contributed by atoms with Crippen molar-refractivity contribution in [1.82, 2.24) is 10.2 Å². The fourth-order valence-corrected chi connectivity index (χ4v) is 3.39. The van der Waals surface area contributed by atoms with Crippen LogP contribution in [0, 0.1) is 0 Å². The van der Waals surface area contributed by atoms with Crippen LogP contribution in [0.25, 0.3) is 0 Å².